The Balaban J connectivity index is 0.00000392. The first-order valence-corrected chi connectivity index (χ1v) is 10.5. The summed E-state index contributed by atoms with van der Waals surface area (Å²) in [6.07, 6.45) is 0.512. The van der Waals surface area contributed by atoms with E-state index >= 15 is 0 Å². The number of carbonyl (C=O) groups is 1. The molecule has 2 N–H and O–H groups in total. The molecule has 0 saturated carbocycles. The fourth-order valence-electron chi connectivity index (χ4n) is 2.79. The predicted octanol–water partition coefficient (Wildman–Crippen LogP) is 3.95. The lowest BCUT2D eigenvalue weighted by Crippen LogP contribution is -2.44. The maximum absolute atomic E-state index is 12.0. The average Bonchev–Trinajstić information content (AvgIpc) is 3.19. The molecule has 1 saturated heterocycles. The fourth-order valence-corrected chi connectivity index (χ4v) is 3.61. The van der Waals surface area contributed by atoms with Gasteiger partial charge in [-0.05, 0) is 34.1 Å². The summed E-state index contributed by atoms with van der Waals surface area (Å²) in [4.78, 5) is 23.6. The number of aliphatic imine (C=N–C) groups is 1. The van der Waals surface area contributed by atoms with Crippen molar-refractivity contribution in [1.82, 2.24) is 20.5 Å². The molecule has 1 aromatic rings. The minimum atomic E-state index is -0.485. The lowest BCUT2D eigenvalue weighted by molar-refractivity contribution is 0.0507. The molecule has 1 aliphatic heterocycles. The fraction of sp³-hybridized carbons (Fsp3) is 0.737. The molecule has 0 radical (unpaired) electrons. The van der Waals surface area contributed by atoms with Crippen LogP contribution in [0.2, 0.25) is 0 Å². The number of hydrogen-bond acceptors (Lipinski definition) is 5. The second-order valence-corrected chi connectivity index (χ2v) is 8.97. The monoisotopic (exact) mass is 523 g/mol. The zero-order valence-electron chi connectivity index (χ0n) is 17.7. The molecule has 160 valence electrons. The Morgan fingerprint density at radius 3 is 2.75 bits per heavy atom. The summed E-state index contributed by atoms with van der Waals surface area (Å²) < 4.78 is 5.35. The lowest BCUT2D eigenvalue weighted by Gasteiger charge is -2.23. The molecule has 2 heterocycles. The highest BCUT2D eigenvalue weighted by Crippen LogP contribution is 2.19. The van der Waals surface area contributed by atoms with E-state index < -0.39 is 5.60 Å². The third-order valence-electron chi connectivity index (χ3n) is 4.00. The van der Waals surface area contributed by atoms with E-state index in [1.807, 2.05) is 20.8 Å². The van der Waals surface area contributed by atoms with E-state index in [0.29, 0.717) is 12.5 Å². The van der Waals surface area contributed by atoms with Crippen LogP contribution in [0.5, 0.6) is 0 Å². The quantitative estimate of drug-likeness (QED) is 0.347. The van der Waals surface area contributed by atoms with E-state index in [1.165, 1.54) is 0 Å². The molecule has 1 aromatic heterocycles. The Bertz CT molecular complexity index is 657. The number of nitrogens with zero attached hydrogens (tertiary/aromatic N) is 3. The normalized spacial score (nSPS) is 17.5. The summed E-state index contributed by atoms with van der Waals surface area (Å²) in [6, 6.07) is 0.0653. The maximum Gasteiger partial charge on any atom is 0.407 e. The van der Waals surface area contributed by atoms with Crippen molar-refractivity contribution in [3.8, 4) is 0 Å². The van der Waals surface area contributed by atoms with E-state index in [2.05, 4.69) is 46.7 Å². The molecule has 28 heavy (non-hydrogen) atoms. The number of likely N-dealkylation sites (tertiary alicyclic amines) is 1. The highest BCUT2D eigenvalue weighted by Gasteiger charge is 2.27. The van der Waals surface area contributed by atoms with Gasteiger partial charge in [-0.2, -0.15) is 0 Å². The number of halogens is 1. The van der Waals surface area contributed by atoms with Gasteiger partial charge in [0, 0.05) is 30.9 Å². The zero-order chi connectivity index (χ0) is 20.0. The lowest BCUT2D eigenvalue weighted by atomic mass is 10.2. The molecule has 0 bridgehead atoms. The Kier molecular flexibility index (Phi) is 9.96. The first kappa shape index (κ1) is 24.9. The van der Waals surface area contributed by atoms with Crippen LogP contribution in [0.15, 0.2) is 10.4 Å². The van der Waals surface area contributed by atoms with Crippen molar-refractivity contribution in [2.24, 2.45) is 4.99 Å². The van der Waals surface area contributed by atoms with E-state index in [1.54, 1.807) is 11.3 Å². The van der Waals surface area contributed by atoms with Crippen molar-refractivity contribution in [1.29, 1.82) is 0 Å². The van der Waals surface area contributed by atoms with Crippen molar-refractivity contribution in [3.63, 3.8) is 0 Å². The van der Waals surface area contributed by atoms with Crippen molar-refractivity contribution in [2.45, 2.75) is 72.1 Å². The topological polar surface area (TPSA) is 78.9 Å². The third-order valence-corrected chi connectivity index (χ3v) is 5.19. The van der Waals surface area contributed by atoms with Gasteiger partial charge in [0.1, 0.15) is 5.60 Å². The van der Waals surface area contributed by atoms with Gasteiger partial charge < -0.3 is 20.3 Å². The van der Waals surface area contributed by atoms with Gasteiger partial charge in [-0.15, -0.1) is 35.3 Å². The van der Waals surface area contributed by atoms with Crippen LogP contribution in [0, 0.1) is 0 Å². The summed E-state index contributed by atoms with van der Waals surface area (Å²) >= 11 is 1.69. The summed E-state index contributed by atoms with van der Waals surface area (Å²) in [5, 5.41) is 9.53. The van der Waals surface area contributed by atoms with Crippen LogP contribution in [0.1, 0.15) is 64.6 Å². The van der Waals surface area contributed by atoms with Gasteiger partial charge >= 0.3 is 6.09 Å². The van der Waals surface area contributed by atoms with Crippen molar-refractivity contribution < 1.29 is 9.53 Å². The highest BCUT2D eigenvalue weighted by atomic mass is 127. The maximum atomic E-state index is 12.0. The molecule has 7 nitrogen and oxygen atoms in total. The van der Waals surface area contributed by atoms with E-state index in [0.717, 1.165) is 42.7 Å². The molecule has 9 heteroatoms. The second kappa shape index (κ2) is 11.2. The Labute approximate surface area is 189 Å². The molecule has 1 amide bonds. The van der Waals surface area contributed by atoms with Crippen LogP contribution in [0.4, 0.5) is 4.79 Å². The van der Waals surface area contributed by atoms with Gasteiger partial charge in [-0.1, -0.05) is 13.8 Å². The molecule has 0 aliphatic carbocycles. The number of rotatable bonds is 5. The molecule has 1 aliphatic rings. The van der Waals surface area contributed by atoms with Crippen LogP contribution in [-0.4, -0.2) is 53.2 Å². The third kappa shape index (κ3) is 8.10. The number of ether oxygens (including phenoxy) is 1. The molecule has 1 atom stereocenters. The number of amides is 1. The van der Waals surface area contributed by atoms with Gasteiger partial charge in [-0.3, -0.25) is 0 Å². The van der Waals surface area contributed by atoms with Gasteiger partial charge in [0.25, 0.3) is 0 Å². The van der Waals surface area contributed by atoms with E-state index in [4.69, 9.17) is 9.73 Å². The number of hydrogen-bond donors (Lipinski definition) is 2. The Morgan fingerprint density at radius 2 is 2.18 bits per heavy atom. The van der Waals surface area contributed by atoms with Crippen LogP contribution < -0.4 is 10.6 Å². The molecular weight excluding hydrogens is 489 g/mol. The van der Waals surface area contributed by atoms with Gasteiger partial charge in [0.15, 0.2) is 5.96 Å². The molecule has 2 rings (SSSR count). The first-order valence-electron chi connectivity index (χ1n) is 9.65. The van der Waals surface area contributed by atoms with Crippen LogP contribution >= 0.6 is 35.3 Å². The largest absolute Gasteiger partial charge is 0.444 e. The first-order chi connectivity index (χ1) is 12.7. The smallest absolute Gasteiger partial charge is 0.407 e. The number of aromatic nitrogens is 1. The standard InChI is InChI=1S/C19H33N5O2S.HI/c1-7-20-17(21-10-15-12-27-16(22-15)13(2)3)24-9-8-14(11-24)23-18(25)26-19(4,5)6;/h12-14H,7-11H2,1-6H3,(H,20,21)(H,23,25);1H. The number of thiazole rings is 1. The van der Waals surface area contributed by atoms with Gasteiger partial charge in [0.05, 0.1) is 23.3 Å². The predicted molar refractivity (Wildman–Crippen MR) is 126 cm³/mol. The summed E-state index contributed by atoms with van der Waals surface area (Å²) in [5.41, 5.74) is 0.517. The molecular formula is C19H34IN5O2S. The van der Waals surface area contributed by atoms with Gasteiger partial charge in [0.2, 0.25) is 0 Å². The Morgan fingerprint density at radius 1 is 1.46 bits per heavy atom. The van der Waals surface area contributed by atoms with E-state index in [-0.39, 0.29) is 36.1 Å². The number of carbonyl (C=O) groups excluding carboxylic acids is 1. The average molecular weight is 523 g/mol. The molecule has 0 spiro atoms. The zero-order valence-corrected chi connectivity index (χ0v) is 20.9. The number of guanidine groups is 1. The van der Waals surface area contributed by atoms with E-state index in [9.17, 15) is 4.79 Å². The number of nitrogens with one attached hydrogen (secondary N) is 2. The molecule has 1 fully saturated rings. The highest BCUT2D eigenvalue weighted by molar-refractivity contribution is 14.0. The van der Waals surface area contributed by atoms with Crippen LogP contribution in [-0.2, 0) is 11.3 Å². The molecule has 1 unspecified atom stereocenters. The summed E-state index contributed by atoms with van der Waals surface area (Å²) in [7, 11) is 0. The second-order valence-electron chi connectivity index (χ2n) is 8.08. The summed E-state index contributed by atoms with van der Waals surface area (Å²) in [6.45, 7) is 14.9. The van der Waals surface area contributed by atoms with Crippen molar-refractivity contribution in [2.75, 3.05) is 19.6 Å². The van der Waals surface area contributed by atoms with Crippen LogP contribution in [0.25, 0.3) is 0 Å². The summed E-state index contributed by atoms with van der Waals surface area (Å²) in [5.74, 6) is 1.31. The van der Waals surface area contributed by atoms with Crippen LogP contribution in [0.3, 0.4) is 0 Å². The van der Waals surface area contributed by atoms with Gasteiger partial charge in [-0.25, -0.2) is 14.8 Å². The van der Waals surface area contributed by atoms with Crippen molar-refractivity contribution in [3.05, 3.63) is 16.1 Å². The number of alkyl carbamates (subject to hydrolysis) is 1. The minimum absolute atomic E-state index is 0. The minimum Gasteiger partial charge on any atom is -0.444 e. The van der Waals surface area contributed by atoms with Crippen molar-refractivity contribution >= 4 is 47.4 Å². The Hall–Kier alpha value is -1.10. The molecule has 0 aromatic carbocycles. The SMILES string of the molecule is CCNC(=NCc1csc(C(C)C)n1)N1CCC(NC(=O)OC(C)(C)C)C1.I.